The quantitative estimate of drug-likeness (QED) is 0.775. The van der Waals surface area contributed by atoms with Crippen molar-refractivity contribution < 1.29 is 23.5 Å². The zero-order chi connectivity index (χ0) is 19.9. The van der Waals surface area contributed by atoms with Gasteiger partial charge in [0.05, 0.1) is 26.0 Å². The number of nitrogens with one attached hydrogen (secondary N) is 1. The summed E-state index contributed by atoms with van der Waals surface area (Å²) in [6.45, 7) is 1.14. The van der Waals surface area contributed by atoms with Crippen molar-refractivity contribution in [2.24, 2.45) is 0 Å². The maximum Gasteiger partial charge on any atom is 0.257 e. The highest BCUT2D eigenvalue weighted by molar-refractivity contribution is 5.97. The van der Waals surface area contributed by atoms with Crippen molar-refractivity contribution in [2.45, 2.75) is 18.9 Å². The van der Waals surface area contributed by atoms with E-state index in [0.29, 0.717) is 48.8 Å². The Labute approximate surface area is 163 Å². The van der Waals surface area contributed by atoms with E-state index in [2.05, 4.69) is 5.32 Å². The number of hydrogen-bond acceptors (Lipinski definition) is 5. The van der Waals surface area contributed by atoms with E-state index in [1.54, 1.807) is 54.7 Å². The molecule has 0 aliphatic carbocycles. The molecule has 1 saturated heterocycles. The second-order valence-corrected chi connectivity index (χ2v) is 6.49. The lowest BCUT2D eigenvalue weighted by molar-refractivity contribution is -0.117. The summed E-state index contributed by atoms with van der Waals surface area (Å²) >= 11 is 0. The van der Waals surface area contributed by atoms with E-state index < -0.39 is 0 Å². The molecule has 0 unspecified atom stereocenters. The van der Waals surface area contributed by atoms with Crippen LogP contribution >= 0.6 is 0 Å². The van der Waals surface area contributed by atoms with Crippen molar-refractivity contribution in [1.82, 2.24) is 10.2 Å². The number of carbonyl (C=O) groups excluding carboxylic acids is 2. The number of amides is 2. The molecule has 7 nitrogen and oxygen atoms in total. The number of likely N-dealkylation sites (tertiary alicyclic amines) is 1. The third-order valence-corrected chi connectivity index (χ3v) is 4.71. The van der Waals surface area contributed by atoms with E-state index in [4.69, 9.17) is 13.9 Å². The Hall–Kier alpha value is -3.22. The van der Waals surface area contributed by atoms with Gasteiger partial charge in [0.15, 0.2) is 0 Å². The van der Waals surface area contributed by atoms with E-state index in [0.717, 1.165) is 0 Å². The normalized spacial score (nSPS) is 14.9. The Kier molecular flexibility index (Phi) is 6.37. The molecular formula is C21H24N2O5. The Morgan fingerprint density at radius 2 is 1.96 bits per heavy atom. The highest BCUT2D eigenvalue weighted by Crippen LogP contribution is 2.26. The number of ether oxygens (including phenoxy) is 2. The van der Waals surface area contributed by atoms with Crippen LogP contribution in [0.15, 0.2) is 47.1 Å². The first kappa shape index (κ1) is 19.5. The van der Waals surface area contributed by atoms with Crippen LogP contribution in [0.5, 0.6) is 11.5 Å². The lowest BCUT2D eigenvalue weighted by Crippen LogP contribution is -2.46. The molecule has 0 bridgehead atoms. The fourth-order valence-electron chi connectivity index (χ4n) is 3.17. The van der Waals surface area contributed by atoms with Gasteiger partial charge in [0.25, 0.3) is 5.91 Å². The molecule has 0 saturated carbocycles. The summed E-state index contributed by atoms with van der Waals surface area (Å²) in [5.74, 6) is 1.50. The monoisotopic (exact) mass is 384 g/mol. The first-order valence-electron chi connectivity index (χ1n) is 9.14. The number of furan rings is 1. The van der Waals surface area contributed by atoms with Crippen molar-refractivity contribution >= 4 is 17.9 Å². The van der Waals surface area contributed by atoms with Crippen molar-refractivity contribution in [3.8, 4) is 11.5 Å². The molecule has 148 valence electrons. The van der Waals surface area contributed by atoms with Crippen LogP contribution in [0.3, 0.4) is 0 Å². The van der Waals surface area contributed by atoms with Gasteiger partial charge in [-0.1, -0.05) is 0 Å². The van der Waals surface area contributed by atoms with Gasteiger partial charge in [0, 0.05) is 31.3 Å². The van der Waals surface area contributed by atoms with Crippen LogP contribution in [0.2, 0.25) is 0 Å². The highest BCUT2D eigenvalue weighted by Gasteiger charge is 2.26. The van der Waals surface area contributed by atoms with Crippen molar-refractivity contribution in [2.75, 3.05) is 27.3 Å². The minimum absolute atomic E-state index is 0.0376. The summed E-state index contributed by atoms with van der Waals surface area (Å²) in [5, 5.41) is 2.97. The van der Waals surface area contributed by atoms with Crippen molar-refractivity contribution in [3.63, 3.8) is 0 Å². The number of benzene rings is 1. The largest absolute Gasteiger partial charge is 0.497 e. The van der Waals surface area contributed by atoms with Crippen LogP contribution in [0.1, 0.15) is 29.0 Å². The number of rotatable bonds is 6. The van der Waals surface area contributed by atoms with Crippen LogP contribution in [-0.4, -0.2) is 50.1 Å². The number of carbonyl (C=O) groups is 2. The maximum atomic E-state index is 12.8. The molecule has 0 spiro atoms. The van der Waals surface area contributed by atoms with Gasteiger partial charge in [0.2, 0.25) is 5.91 Å². The first-order chi connectivity index (χ1) is 13.6. The molecule has 2 amide bonds. The molecule has 7 heteroatoms. The maximum absolute atomic E-state index is 12.8. The zero-order valence-electron chi connectivity index (χ0n) is 16.0. The molecule has 3 rings (SSSR count). The lowest BCUT2D eigenvalue weighted by atomic mass is 10.0. The van der Waals surface area contributed by atoms with E-state index in [-0.39, 0.29) is 17.9 Å². The van der Waals surface area contributed by atoms with Crippen LogP contribution in [0.25, 0.3) is 6.08 Å². The molecule has 2 heterocycles. The van der Waals surface area contributed by atoms with Crippen molar-refractivity contribution in [1.29, 1.82) is 0 Å². The molecule has 1 aromatic heterocycles. The molecular weight excluding hydrogens is 360 g/mol. The zero-order valence-corrected chi connectivity index (χ0v) is 16.0. The minimum Gasteiger partial charge on any atom is -0.497 e. The molecule has 1 fully saturated rings. The molecule has 1 aliphatic heterocycles. The average molecular weight is 384 g/mol. The van der Waals surface area contributed by atoms with Crippen LogP contribution < -0.4 is 14.8 Å². The predicted molar refractivity (Wildman–Crippen MR) is 104 cm³/mol. The second-order valence-electron chi connectivity index (χ2n) is 6.49. The molecule has 0 atom stereocenters. The minimum atomic E-state index is -0.169. The molecule has 1 aliphatic rings. The highest BCUT2D eigenvalue weighted by atomic mass is 16.5. The summed E-state index contributed by atoms with van der Waals surface area (Å²) in [5.41, 5.74) is 0.507. The number of methoxy groups -OCH3 is 2. The van der Waals surface area contributed by atoms with Gasteiger partial charge in [-0.25, -0.2) is 0 Å². The van der Waals surface area contributed by atoms with Crippen molar-refractivity contribution in [3.05, 3.63) is 54.0 Å². The number of nitrogens with zero attached hydrogens (tertiary/aromatic N) is 1. The Morgan fingerprint density at radius 3 is 2.61 bits per heavy atom. The molecule has 1 aromatic carbocycles. The fourth-order valence-corrected chi connectivity index (χ4v) is 3.17. The summed E-state index contributed by atoms with van der Waals surface area (Å²) in [7, 11) is 3.10. The van der Waals surface area contributed by atoms with Crippen LogP contribution in [0.4, 0.5) is 0 Å². The summed E-state index contributed by atoms with van der Waals surface area (Å²) in [4.78, 5) is 26.7. The average Bonchev–Trinajstić information content (AvgIpc) is 3.25. The summed E-state index contributed by atoms with van der Waals surface area (Å²) in [6.07, 6.45) is 6.04. The third-order valence-electron chi connectivity index (χ3n) is 4.71. The summed E-state index contributed by atoms with van der Waals surface area (Å²) < 4.78 is 15.7. The molecule has 0 radical (unpaired) electrons. The molecule has 28 heavy (non-hydrogen) atoms. The standard InChI is InChI=1S/C21H24N2O5/c1-26-17-5-7-18(19(14-17)27-2)21(25)23-11-9-15(10-12-23)22-20(24)8-6-16-4-3-13-28-16/h3-8,13-15H,9-12H2,1-2H3,(H,22,24)/b8-6+. The number of hydrogen-bond donors (Lipinski definition) is 1. The van der Waals surface area contributed by atoms with E-state index in [1.807, 2.05) is 0 Å². The van der Waals surface area contributed by atoms with Gasteiger partial charge < -0.3 is 24.1 Å². The first-order valence-corrected chi connectivity index (χ1v) is 9.14. The predicted octanol–water partition coefficient (Wildman–Crippen LogP) is 2.73. The van der Waals surface area contributed by atoms with E-state index in [1.165, 1.54) is 13.2 Å². The van der Waals surface area contributed by atoms with Gasteiger partial charge in [-0.2, -0.15) is 0 Å². The van der Waals surface area contributed by atoms with E-state index >= 15 is 0 Å². The van der Waals surface area contributed by atoms with Gasteiger partial charge in [-0.3, -0.25) is 9.59 Å². The third kappa shape index (κ3) is 4.73. The topological polar surface area (TPSA) is 81.0 Å². The van der Waals surface area contributed by atoms with Gasteiger partial charge in [-0.05, 0) is 43.2 Å². The van der Waals surface area contributed by atoms with E-state index in [9.17, 15) is 9.59 Å². The van der Waals surface area contributed by atoms with Gasteiger partial charge in [-0.15, -0.1) is 0 Å². The number of piperidine rings is 1. The Bertz CT molecular complexity index is 836. The van der Waals surface area contributed by atoms with Gasteiger partial charge in [0.1, 0.15) is 17.3 Å². The van der Waals surface area contributed by atoms with Crippen LogP contribution in [-0.2, 0) is 4.79 Å². The Morgan fingerprint density at radius 1 is 1.18 bits per heavy atom. The van der Waals surface area contributed by atoms with Crippen LogP contribution in [0, 0.1) is 0 Å². The summed E-state index contributed by atoms with van der Waals surface area (Å²) in [6, 6.07) is 8.74. The smallest absolute Gasteiger partial charge is 0.257 e. The lowest BCUT2D eigenvalue weighted by Gasteiger charge is -2.32. The second kappa shape index (κ2) is 9.12. The fraction of sp³-hybridized carbons (Fsp3) is 0.333. The SMILES string of the molecule is COc1ccc(C(=O)N2CCC(NC(=O)/C=C/c3ccco3)CC2)c(OC)c1. The molecule has 1 N–H and O–H groups in total. The van der Waals surface area contributed by atoms with Gasteiger partial charge >= 0.3 is 0 Å². The molecule has 2 aromatic rings. The Balaban J connectivity index is 1.53.